The molecule has 3 aromatic heterocycles. The van der Waals surface area contributed by atoms with Gasteiger partial charge in [-0.2, -0.15) is 15.0 Å². The van der Waals surface area contributed by atoms with Gasteiger partial charge in [0.1, 0.15) is 6.33 Å². The van der Waals surface area contributed by atoms with Crippen LogP contribution in [0.15, 0.2) is 24.1 Å². The zero-order chi connectivity index (χ0) is 14.7. The topological polar surface area (TPSA) is 119 Å². The number of imidazole rings is 1. The fraction of sp³-hybridized carbons (Fsp3) is 0.182. The van der Waals surface area contributed by atoms with Crippen LogP contribution < -0.4 is 16.6 Å². The molecular weight excluding hydrogens is 290 g/mol. The number of nitrogens with zero attached hydrogens (tertiary/aromatic N) is 6. The largest absolute Gasteiger partial charge is 0.348 e. The maximum Gasteiger partial charge on any atom is 0.243 e. The number of thiazole rings is 1. The highest BCUT2D eigenvalue weighted by atomic mass is 32.1. The second-order valence-electron chi connectivity index (χ2n) is 4.11. The molecule has 0 unspecified atom stereocenters. The predicted octanol–water partition coefficient (Wildman–Crippen LogP) is 0.720. The molecule has 0 spiro atoms. The van der Waals surface area contributed by atoms with Gasteiger partial charge >= 0.3 is 0 Å². The average Bonchev–Trinajstić information content (AvgIpc) is 3.16. The number of hydrogen-bond acceptors (Lipinski definition) is 9. The highest BCUT2D eigenvalue weighted by molar-refractivity contribution is 7.09. The van der Waals surface area contributed by atoms with E-state index in [4.69, 9.17) is 5.84 Å². The van der Waals surface area contributed by atoms with E-state index < -0.39 is 0 Å². The van der Waals surface area contributed by atoms with Crippen LogP contribution in [0, 0.1) is 6.92 Å². The van der Waals surface area contributed by atoms with Crippen LogP contribution in [-0.4, -0.2) is 29.5 Å². The molecule has 0 saturated carbocycles. The summed E-state index contributed by atoms with van der Waals surface area (Å²) in [6, 6.07) is 0. The van der Waals surface area contributed by atoms with Crippen molar-refractivity contribution in [3.63, 3.8) is 0 Å². The minimum absolute atomic E-state index is 0.269. The van der Waals surface area contributed by atoms with Gasteiger partial charge in [-0.1, -0.05) is 0 Å². The first-order valence-corrected chi connectivity index (χ1v) is 6.98. The van der Waals surface area contributed by atoms with E-state index in [9.17, 15) is 0 Å². The fourth-order valence-corrected chi connectivity index (χ4v) is 2.27. The summed E-state index contributed by atoms with van der Waals surface area (Å²) in [5, 5.41) is 6.11. The van der Waals surface area contributed by atoms with E-state index in [2.05, 4.69) is 35.7 Å². The van der Waals surface area contributed by atoms with Gasteiger partial charge in [-0.3, -0.25) is 9.99 Å². The van der Waals surface area contributed by atoms with Crippen LogP contribution in [0.2, 0.25) is 0 Å². The van der Waals surface area contributed by atoms with E-state index in [1.54, 1.807) is 34.6 Å². The van der Waals surface area contributed by atoms with Gasteiger partial charge in [-0.25, -0.2) is 15.8 Å². The molecule has 21 heavy (non-hydrogen) atoms. The second kappa shape index (κ2) is 5.81. The van der Waals surface area contributed by atoms with Gasteiger partial charge in [0.05, 0.1) is 17.2 Å². The Morgan fingerprint density at radius 2 is 2.10 bits per heavy atom. The average molecular weight is 303 g/mol. The van der Waals surface area contributed by atoms with E-state index in [-0.39, 0.29) is 5.95 Å². The number of nitrogen functional groups attached to an aromatic ring is 1. The molecular formula is C11H13N9S. The van der Waals surface area contributed by atoms with Gasteiger partial charge in [0.15, 0.2) is 0 Å². The summed E-state index contributed by atoms with van der Waals surface area (Å²) in [4.78, 5) is 21.0. The number of nitrogens with two attached hydrogens (primary N) is 1. The molecule has 9 nitrogen and oxygen atoms in total. The molecule has 0 radical (unpaired) electrons. The standard InChI is InChI=1S/C11H13N9S/c1-7-15-8(5-21-7)4-14-9-16-10(19-12)18-11(17-9)20-3-2-13-6-20/h2-3,5-6H,4,12H2,1H3,(H2,14,16,17,18,19). The Morgan fingerprint density at radius 1 is 1.24 bits per heavy atom. The Kier molecular flexibility index (Phi) is 3.71. The summed E-state index contributed by atoms with van der Waals surface area (Å²) in [6.07, 6.45) is 4.98. The molecule has 3 rings (SSSR count). The van der Waals surface area contributed by atoms with Crippen LogP contribution >= 0.6 is 11.3 Å². The number of rotatable bonds is 5. The first-order chi connectivity index (χ1) is 10.2. The summed E-state index contributed by atoms with van der Waals surface area (Å²) in [5.41, 5.74) is 3.36. The van der Waals surface area contributed by atoms with Crippen LogP contribution in [0.5, 0.6) is 0 Å². The number of anilines is 2. The number of aryl methyl sites for hydroxylation is 1. The number of nitrogens with one attached hydrogen (secondary N) is 2. The summed E-state index contributed by atoms with van der Waals surface area (Å²) < 4.78 is 1.67. The zero-order valence-electron chi connectivity index (χ0n) is 11.2. The van der Waals surface area contributed by atoms with Crippen molar-refractivity contribution < 1.29 is 0 Å². The Labute approximate surface area is 124 Å². The van der Waals surface area contributed by atoms with Crippen molar-refractivity contribution in [2.24, 2.45) is 5.84 Å². The predicted molar refractivity (Wildman–Crippen MR) is 78.9 cm³/mol. The van der Waals surface area contributed by atoms with E-state index in [0.717, 1.165) is 10.7 Å². The molecule has 0 atom stereocenters. The van der Waals surface area contributed by atoms with Gasteiger partial charge < -0.3 is 5.32 Å². The van der Waals surface area contributed by atoms with Crippen LogP contribution in [-0.2, 0) is 6.54 Å². The van der Waals surface area contributed by atoms with Crippen LogP contribution in [0.3, 0.4) is 0 Å². The van der Waals surface area contributed by atoms with E-state index in [1.165, 1.54) is 0 Å². The van der Waals surface area contributed by atoms with Crippen LogP contribution in [0.25, 0.3) is 5.95 Å². The lowest BCUT2D eigenvalue weighted by Crippen LogP contribution is -2.15. The van der Waals surface area contributed by atoms with Gasteiger partial charge in [-0.15, -0.1) is 11.3 Å². The summed E-state index contributed by atoms with van der Waals surface area (Å²) in [6.45, 7) is 2.49. The number of aromatic nitrogens is 6. The summed E-state index contributed by atoms with van der Waals surface area (Å²) in [7, 11) is 0. The monoisotopic (exact) mass is 303 g/mol. The Hall–Kier alpha value is -2.59. The molecule has 0 aliphatic carbocycles. The van der Waals surface area contributed by atoms with Crippen molar-refractivity contribution in [1.82, 2.24) is 29.5 Å². The molecule has 3 heterocycles. The maximum absolute atomic E-state index is 5.39. The van der Waals surface area contributed by atoms with E-state index >= 15 is 0 Å². The Morgan fingerprint density at radius 3 is 2.76 bits per heavy atom. The highest BCUT2D eigenvalue weighted by Crippen LogP contribution is 2.12. The molecule has 4 N–H and O–H groups in total. The maximum atomic E-state index is 5.39. The minimum Gasteiger partial charge on any atom is -0.348 e. The normalized spacial score (nSPS) is 10.6. The molecule has 0 saturated heterocycles. The third-order valence-corrected chi connectivity index (χ3v) is 3.40. The summed E-state index contributed by atoms with van der Waals surface area (Å²) in [5.74, 6) is 6.49. The quantitative estimate of drug-likeness (QED) is 0.466. The van der Waals surface area contributed by atoms with Crippen molar-refractivity contribution in [1.29, 1.82) is 0 Å². The molecule has 0 bridgehead atoms. The first-order valence-electron chi connectivity index (χ1n) is 6.10. The van der Waals surface area contributed by atoms with Crippen molar-refractivity contribution in [2.45, 2.75) is 13.5 Å². The second-order valence-corrected chi connectivity index (χ2v) is 5.17. The van der Waals surface area contributed by atoms with E-state index in [0.29, 0.717) is 18.4 Å². The molecule has 0 aliphatic heterocycles. The van der Waals surface area contributed by atoms with Crippen molar-refractivity contribution in [3.8, 4) is 5.95 Å². The Bertz CT molecular complexity index is 721. The van der Waals surface area contributed by atoms with Crippen LogP contribution in [0.1, 0.15) is 10.7 Å². The highest BCUT2D eigenvalue weighted by Gasteiger charge is 2.08. The van der Waals surface area contributed by atoms with Crippen molar-refractivity contribution in [3.05, 3.63) is 34.8 Å². The molecule has 0 aromatic carbocycles. The van der Waals surface area contributed by atoms with Gasteiger partial charge in [0.2, 0.25) is 17.8 Å². The van der Waals surface area contributed by atoms with Gasteiger partial charge in [0.25, 0.3) is 0 Å². The smallest absolute Gasteiger partial charge is 0.243 e. The first kappa shape index (κ1) is 13.4. The lowest BCUT2D eigenvalue weighted by Gasteiger charge is -2.07. The van der Waals surface area contributed by atoms with Crippen molar-refractivity contribution >= 4 is 23.2 Å². The fourth-order valence-electron chi connectivity index (χ4n) is 1.66. The zero-order valence-corrected chi connectivity index (χ0v) is 12.0. The molecule has 0 fully saturated rings. The van der Waals surface area contributed by atoms with Crippen LogP contribution in [0.4, 0.5) is 11.9 Å². The van der Waals surface area contributed by atoms with Crippen molar-refractivity contribution in [2.75, 3.05) is 10.7 Å². The molecule has 3 aromatic rings. The molecule has 108 valence electrons. The Balaban J connectivity index is 1.82. The molecule has 0 amide bonds. The lowest BCUT2D eigenvalue weighted by molar-refractivity contribution is 0.885. The number of hydrazine groups is 1. The van der Waals surface area contributed by atoms with E-state index in [1.807, 2.05) is 12.3 Å². The number of hydrogen-bond donors (Lipinski definition) is 3. The third kappa shape index (κ3) is 3.12. The molecule has 0 aliphatic rings. The molecule has 10 heteroatoms. The third-order valence-electron chi connectivity index (χ3n) is 2.58. The van der Waals surface area contributed by atoms with Gasteiger partial charge in [0, 0.05) is 17.8 Å². The SMILES string of the molecule is Cc1nc(CNc2nc(NN)nc(-n3ccnc3)n2)cs1. The van der Waals surface area contributed by atoms with Gasteiger partial charge in [-0.05, 0) is 6.92 Å². The minimum atomic E-state index is 0.269. The summed E-state index contributed by atoms with van der Waals surface area (Å²) >= 11 is 1.60. The lowest BCUT2D eigenvalue weighted by atomic mass is 10.5.